The maximum atomic E-state index is 11.5. The average molecular weight is 209 g/mol. The van der Waals surface area contributed by atoms with E-state index in [1.807, 2.05) is 6.92 Å². The van der Waals surface area contributed by atoms with E-state index in [1.54, 1.807) is 17.0 Å². The molecule has 1 aromatic rings. The molecular formula is C11H19N3O. The number of hydrogen-bond donors (Lipinski definition) is 1. The first-order chi connectivity index (χ1) is 7.13. The molecule has 0 aliphatic rings. The Labute approximate surface area is 90.1 Å². The quantitative estimate of drug-likeness (QED) is 0.789. The molecule has 0 saturated carbocycles. The Morgan fingerprint density at radius 1 is 1.60 bits per heavy atom. The molecule has 0 aromatic carbocycles. The summed E-state index contributed by atoms with van der Waals surface area (Å²) in [5.74, 6) is 0. The van der Waals surface area contributed by atoms with Gasteiger partial charge in [-0.25, -0.2) is 4.98 Å². The van der Waals surface area contributed by atoms with Crippen molar-refractivity contribution >= 4 is 0 Å². The van der Waals surface area contributed by atoms with Gasteiger partial charge in [0.1, 0.15) is 0 Å². The topological polar surface area (TPSA) is 60.9 Å². The molecule has 1 rings (SSSR count). The van der Waals surface area contributed by atoms with Gasteiger partial charge in [-0.15, -0.1) is 0 Å². The summed E-state index contributed by atoms with van der Waals surface area (Å²) < 4.78 is 1.63. The molecule has 4 nitrogen and oxygen atoms in total. The number of aromatic nitrogens is 2. The zero-order chi connectivity index (χ0) is 11.3. The second kappa shape index (κ2) is 5.66. The van der Waals surface area contributed by atoms with E-state index in [0.29, 0.717) is 6.54 Å². The molecule has 4 heteroatoms. The fourth-order valence-corrected chi connectivity index (χ4v) is 1.41. The molecule has 1 aromatic heterocycles. The first-order valence-corrected chi connectivity index (χ1v) is 5.42. The van der Waals surface area contributed by atoms with E-state index in [9.17, 15) is 4.79 Å². The number of nitrogens with zero attached hydrogens (tertiary/aromatic N) is 2. The fourth-order valence-electron chi connectivity index (χ4n) is 1.41. The minimum atomic E-state index is 0.0209. The lowest BCUT2D eigenvalue weighted by atomic mass is 10.1. The van der Waals surface area contributed by atoms with Gasteiger partial charge >= 0.3 is 0 Å². The van der Waals surface area contributed by atoms with Crippen LogP contribution in [0.2, 0.25) is 0 Å². The van der Waals surface area contributed by atoms with Gasteiger partial charge in [-0.3, -0.25) is 9.36 Å². The Kier molecular flexibility index (Phi) is 4.49. The molecule has 0 bridgehead atoms. The molecule has 1 unspecified atom stereocenters. The van der Waals surface area contributed by atoms with Gasteiger partial charge in [0.15, 0.2) is 0 Å². The zero-order valence-corrected chi connectivity index (χ0v) is 9.44. The molecule has 0 spiro atoms. The molecular weight excluding hydrogens is 190 g/mol. The van der Waals surface area contributed by atoms with E-state index in [-0.39, 0.29) is 11.6 Å². The molecule has 1 heterocycles. The van der Waals surface area contributed by atoms with Crippen molar-refractivity contribution in [1.29, 1.82) is 0 Å². The molecule has 15 heavy (non-hydrogen) atoms. The first kappa shape index (κ1) is 11.9. The lowest BCUT2D eigenvalue weighted by molar-refractivity contribution is 0.514. The molecule has 0 saturated heterocycles. The second-order valence-electron chi connectivity index (χ2n) is 3.87. The molecule has 0 radical (unpaired) electrons. The summed E-state index contributed by atoms with van der Waals surface area (Å²) in [4.78, 5) is 15.6. The van der Waals surface area contributed by atoms with Crippen LogP contribution in [0.5, 0.6) is 0 Å². The monoisotopic (exact) mass is 209 g/mol. The maximum absolute atomic E-state index is 11.5. The Balaban J connectivity index is 2.48. The zero-order valence-electron chi connectivity index (χ0n) is 9.44. The van der Waals surface area contributed by atoms with E-state index in [1.165, 1.54) is 0 Å². The molecule has 0 fully saturated rings. The van der Waals surface area contributed by atoms with Crippen LogP contribution in [0.4, 0.5) is 0 Å². The van der Waals surface area contributed by atoms with Gasteiger partial charge in [0, 0.05) is 24.3 Å². The van der Waals surface area contributed by atoms with Gasteiger partial charge in [-0.05, 0) is 26.2 Å². The third kappa shape index (κ3) is 3.83. The van der Waals surface area contributed by atoms with Crippen LogP contribution in [-0.2, 0) is 6.54 Å². The molecule has 0 aliphatic carbocycles. The average Bonchev–Trinajstić information content (AvgIpc) is 2.21. The van der Waals surface area contributed by atoms with Gasteiger partial charge in [0.05, 0.1) is 6.33 Å². The molecule has 2 N–H and O–H groups in total. The van der Waals surface area contributed by atoms with Gasteiger partial charge in [-0.1, -0.05) is 6.92 Å². The van der Waals surface area contributed by atoms with E-state index < -0.39 is 0 Å². The summed E-state index contributed by atoms with van der Waals surface area (Å²) in [5, 5.41) is 0. The largest absolute Gasteiger partial charge is 0.328 e. The Morgan fingerprint density at radius 3 is 2.93 bits per heavy atom. The first-order valence-electron chi connectivity index (χ1n) is 5.42. The van der Waals surface area contributed by atoms with E-state index in [4.69, 9.17) is 5.73 Å². The SMILES string of the molecule is CCC(N)CCCn1cnc(C)cc1=O. The number of aryl methyl sites for hydroxylation is 2. The van der Waals surface area contributed by atoms with Crippen LogP contribution in [0.3, 0.4) is 0 Å². The highest BCUT2D eigenvalue weighted by atomic mass is 16.1. The standard InChI is InChI=1S/C11H19N3O/c1-3-10(12)5-4-6-14-8-13-9(2)7-11(14)15/h7-8,10H,3-6,12H2,1-2H3. The highest BCUT2D eigenvalue weighted by Crippen LogP contribution is 1.99. The summed E-state index contributed by atoms with van der Waals surface area (Å²) in [7, 11) is 0. The van der Waals surface area contributed by atoms with Crippen molar-refractivity contribution in [2.75, 3.05) is 0 Å². The van der Waals surface area contributed by atoms with Crippen LogP contribution in [0.25, 0.3) is 0 Å². The van der Waals surface area contributed by atoms with E-state index in [2.05, 4.69) is 11.9 Å². The Hall–Kier alpha value is -1.16. The van der Waals surface area contributed by atoms with Gasteiger partial charge < -0.3 is 5.73 Å². The third-order valence-electron chi connectivity index (χ3n) is 2.51. The predicted molar refractivity (Wildman–Crippen MR) is 60.7 cm³/mol. The fraction of sp³-hybridized carbons (Fsp3) is 0.636. The smallest absolute Gasteiger partial charge is 0.253 e. The van der Waals surface area contributed by atoms with Gasteiger partial charge in [0.25, 0.3) is 5.56 Å². The summed E-state index contributed by atoms with van der Waals surface area (Å²) in [5.41, 5.74) is 6.58. The van der Waals surface area contributed by atoms with Crippen LogP contribution in [-0.4, -0.2) is 15.6 Å². The predicted octanol–water partition coefficient (Wildman–Crippen LogP) is 1.07. The minimum Gasteiger partial charge on any atom is -0.328 e. The minimum absolute atomic E-state index is 0.0209. The van der Waals surface area contributed by atoms with Crippen LogP contribution < -0.4 is 11.3 Å². The number of hydrogen-bond acceptors (Lipinski definition) is 3. The van der Waals surface area contributed by atoms with E-state index in [0.717, 1.165) is 25.0 Å². The van der Waals surface area contributed by atoms with Crippen LogP contribution in [0.15, 0.2) is 17.2 Å². The maximum Gasteiger partial charge on any atom is 0.253 e. The highest BCUT2D eigenvalue weighted by molar-refractivity contribution is 4.95. The van der Waals surface area contributed by atoms with Crippen LogP contribution >= 0.6 is 0 Å². The van der Waals surface area contributed by atoms with Crippen molar-refractivity contribution in [1.82, 2.24) is 9.55 Å². The van der Waals surface area contributed by atoms with Crippen molar-refractivity contribution in [2.45, 2.75) is 45.7 Å². The summed E-state index contributed by atoms with van der Waals surface area (Å²) in [6.07, 6.45) is 4.48. The lowest BCUT2D eigenvalue weighted by Gasteiger charge is -2.09. The normalized spacial score (nSPS) is 12.7. The number of nitrogens with two attached hydrogens (primary N) is 1. The summed E-state index contributed by atoms with van der Waals surface area (Å²) in [6, 6.07) is 1.80. The van der Waals surface area contributed by atoms with Crippen molar-refractivity contribution in [3.05, 3.63) is 28.4 Å². The summed E-state index contributed by atoms with van der Waals surface area (Å²) in [6.45, 7) is 4.60. The Bertz CT molecular complexity index is 359. The van der Waals surface area contributed by atoms with Gasteiger partial charge in [0.2, 0.25) is 0 Å². The van der Waals surface area contributed by atoms with Crippen molar-refractivity contribution in [3.8, 4) is 0 Å². The van der Waals surface area contributed by atoms with E-state index >= 15 is 0 Å². The summed E-state index contributed by atoms with van der Waals surface area (Å²) >= 11 is 0. The van der Waals surface area contributed by atoms with Crippen molar-refractivity contribution in [3.63, 3.8) is 0 Å². The lowest BCUT2D eigenvalue weighted by Crippen LogP contribution is -2.23. The Morgan fingerprint density at radius 2 is 2.33 bits per heavy atom. The molecule has 0 amide bonds. The molecule has 84 valence electrons. The van der Waals surface area contributed by atoms with Crippen LogP contribution in [0.1, 0.15) is 31.9 Å². The van der Waals surface area contributed by atoms with Gasteiger partial charge in [-0.2, -0.15) is 0 Å². The number of rotatable bonds is 5. The third-order valence-corrected chi connectivity index (χ3v) is 2.51. The van der Waals surface area contributed by atoms with Crippen molar-refractivity contribution < 1.29 is 0 Å². The molecule has 0 aliphatic heterocycles. The molecule has 1 atom stereocenters. The second-order valence-corrected chi connectivity index (χ2v) is 3.87. The van der Waals surface area contributed by atoms with Crippen LogP contribution in [0, 0.1) is 6.92 Å². The highest BCUT2D eigenvalue weighted by Gasteiger charge is 2.00. The van der Waals surface area contributed by atoms with Crippen molar-refractivity contribution in [2.24, 2.45) is 5.73 Å².